The van der Waals surface area contributed by atoms with Crippen LogP contribution in [0.5, 0.6) is 0 Å². The van der Waals surface area contributed by atoms with Crippen molar-refractivity contribution in [2.45, 2.75) is 30.5 Å². The number of ether oxygens (including phenoxy) is 1. The standard InChI is InChI=1S/C14H16BrN3OS/c15-12-7-2-1-6-11(12)13-16-14(18-17-13)20-9-10-5-3-4-8-19-10/h1-2,6-7,10H,3-5,8-9H2,(H,16,17,18)/t10-/m1/s1. The maximum atomic E-state index is 5.72. The lowest BCUT2D eigenvalue weighted by atomic mass is 10.1. The molecule has 1 N–H and O–H groups in total. The number of hydrogen-bond donors (Lipinski definition) is 1. The molecule has 0 amide bonds. The summed E-state index contributed by atoms with van der Waals surface area (Å²) >= 11 is 5.18. The molecular weight excluding hydrogens is 338 g/mol. The second kappa shape index (κ2) is 6.74. The van der Waals surface area contributed by atoms with Crippen LogP contribution in [0.25, 0.3) is 11.4 Å². The van der Waals surface area contributed by atoms with E-state index in [0.29, 0.717) is 6.10 Å². The Labute approximate surface area is 130 Å². The lowest BCUT2D eigenvalue weighted by Gasteiger charge is -2.21. The van der Waals surface area contributed by atoms with Crippen molar-refractivity contribution in [3.8, 4) is 11.4 Å². The van der Waals surface area contributed by atoms with Gasteiger partial charge in [-0.3, -0.25) is 5.10 Å². The molecule has 4 nitrogen and oxygen atoms in total. The predicted octanol–water partition coefficient (Wildman–Crippen LogP) is 3.90. The Morgan fingerprint density at radius 1 is 1.35 bits per heavy atom. The molecule has 0 unspecified atom stereocenters. The van der Waals surface area contributed by atoms with Gasteiger partial charge in [0.15, 0.2) is 5.82 Å². The fourth-order valence-corrected chi connectivity index (χ4v) is 3.53. The van der Waals surface area contributed by atoms with Gasteiger partial charge in [-0.1, -0.05) is 45.9 Å². The van der Waals surface area contributed by atoms with E-state index in [9.17, 15) is 0 Å². The molecule has 1 aromatic carbocycles. The predicted molar refractivity (Wildman–Crippen MR) is 83.8 cm³/mol. The zero-order valence-corrected chi connectivity index (χ0v) is 13.4. The average Bonchev–Trinajstić information content (AvgIpc) is 2.95. The number of benzene rings is 1. The normalized spacial score (nSPS) is 19.1. The van der Waals surface area contributed by atoms with Gasteiger partial charge in [-0.15, -0.1) is 5.10 Å². The molecule has 1 saturated heterocycles. The van der Waals surface area contributed by atoms with Gasteiger partial charge in [-0.2, -0.15) is 0 Å². The van der Waals surface area contributed by atoms with Crippen LogP contribution in [0.4, 0.5) is 0 Å². The third-order valence-electron chi connectivity index (χ3n) is 3.27. The van der Waals surface area contributed by atoms with Crippen molar-refractivity contribution in [3.05, 3.63) is 28.7 Å². The van der Waals surface area contributed by atoms with E-state index in [1.165, 1.54) is 12.8 Å². The number of H-pyrrole nitrogens is 1. The summed E-state index contributed by atoms with van der Waals surface area (Å²) in [6, 6.07) is 8.00. The number of rotatable bonds is 4. The lowest BCUT2D eigenvalue weighted by Crippen LogP contribution is -2.21. The molecule has 1 aliphatic rings. The van der Waals surface area contributed by atoms with Crippen molar-refractivity contribution < 1.29 is 4.74 Å². The quantitative estimate of drug-likeness (QED) is 0.847. The van der Waals surface area contributed by atoms with Crippen LogP contribution in [0.1, 0.15) is 19.3 Å². The number of thioether (sulfide) groups is 1. The Morgan fingerprint density at radius 3 is 3.05 bits per heavy atom. The van der Waals surface area contributed by atoms with Gasteiger partial charge in [0.1, 0.15) is 0 Å². The van der Waals surface area contributed by atoms with Crippen molar-refractivity contribution in [1.82, 2.24) is 15.2 Å². The summed E-state index contributed by atoms with van der Waals surface area (Å²) in [6.45, 7) is 0.890. The van der Waals surface area contributed by atoms with Crippen molar-refractivity contribution in [2.24, 2.45) is 0 Å². The van der Waals surface area contributed by atoms with Crippen LogP contribution in [0.2, 0.25) is 0 Å². The van der Waals surface area contributed by atoms with Crippen LogP contribution in [0, 0.1) is 0 Å². The highest BCUT2D eigenvalue weighted by Crippen LogP contribution is 2.27. The zero-order valence-electron chi connectivity index (χ0n) is 11.0. The smallest absolute Gasteiger partial charge is 0.208 e. The fourth-order valence-electron chi connectivity index (χ4n) is 2.19. The Morgan fingerprint density at radius 2 is 2.25 bits per heavy atom. The van der Waals surface area contributed by atoms with E-state index in [0.717, 1.165) is 39.8 Å². The molecule has 1 atom stereocenters. The monoisotopic (exact) mass is 353 g/mol. The third-order valence-corrected chi connectivity index (χ3v) is 4.94. The Kier molecular flexibility index (Phi) is 4.75. The minimum absolute atomic E-state index is 0.346. The first-order valence-corrected chi connectivity index (χ1v) is 8.52. The van der Waals surface area contributed by atoms with Crippen LogP contribution < -0.4 is 0 Å². The van der Waals surface area contributed by atoms with Gasteiger partial charge in [0.25, 0.3) is 0 Å². The summed E-state index contributed by atoms with van der Waals surface area (Å²) in [5.41, 5.74) is 1.03. The number of aromatic nitrogens is 3. The average molecular weight is 354 g/mol. The molecule has 0 saturated carbocycles. The minimum atomic E-state index is 0.346. The minimum Gasteiger partial charge on any atom is -0.377 e. The van der Waals surface area contributed by atoms with Crippen molar-refractivity contribution in [2.75, 3.05) is 12.4 Å². The highest BCUT2D eigenvalue weighted by atomic mass is 79.9. The Hall–Kier alpha value is -0.850. The number of aromatic amines is 1. The number of halogens is 1. The highest BCUT2D eigenvalue weighted by molar-refractivity contribution is 9.10. The van der Waals surface area contributed by atoms with Gasteiger partial charge in [-0.05, 0) is 25.3 Å². The summed E-state index contributed by atoms with van der Waals surface area (Å²) in [4.78, 5) is 4.54. The Balaban J connectivity index is 1.63. The van der Waals surface area contributed by atoms with Crippen LogP contribution in [0.3, 0.4) is 0 Å². The van der Waals surface area contributed by atoms with E-state index in [-0.39, 0.29) is 0 Å². The number of nitrogens with one attached hydrogen (secondary N) is 1. The van der Waals surface area contributed by atoms with E-state index in [1.807, 2.05) is 24.3 Å². The summed E-state index contributed by atoms with van der Waals surface area (Å²) in [5, 5.41) is 8.05. The topological polar surface area (TPSA) is 50.8 Å². The van der Waals surface area contributed by atoms with Crippen molar-refractivity contribution in [3.63, 3.8) is 0 Å². The molecule has 20 heavy (non-hydrogen) atoms. The Bertz CT molecular complexity index is 569. The molecule has 3 rings (SSSR count). The van der Waals surface area contributed by atoms with Crippen molar-refractivity contribution >= 4 is 27.7 Å². The van der Waals surface area contributed by atoms with Gasteiger partial charge >= 0.3 is 0 Å². The largest absolute Gasteiger partial charge is 0.377 e. The summed E-state index contributed by atoms with van der Waals surface area (Å²) < 4.78 is 6.73. The second-order valence-electron chi connectivity index (χ2n) is 4.75. The third kappa shape index (κ3) is 3.42. The van der Waals surface area contributed by atoms with Crippen LogP contribution in [0.15, 0.2) is 33.9 Å². The number of nitrogens with zero attached hydrogens (tertiary/aromatic N) is 2. The molecule has 2 heterocycles. The maximum Gasteiger partial charge on any atom is 0.208 e. The second-order valence-corrected chi connectivity index (χ2v) is 6.59. The molecule has 1 aromatic heterocycles. The van der Waals surface area contributed by atoms with Gasteiger partial charge in [0, 0.05) is 22.4 Å². The first-order valence-electron chi connectivity index (χ1n) is 6.74. The fraction of sp³-hybridized carbons (Fsp3) is 0.429. The summed E-state index contributed by atoms with van der Waals surface area (Å²) in [7, 11) is 0. The molecule has 6 heteroatoms. The SMILES string of the molecule is Brc1ccccc1-c1nc(SC[C@H]2CCCCO2)n[nH]1. The van der Waals surface area contributed by atoms with Gasteiger partial charge in [0.2, 0.25) is 5.16 Å². The summed E-state index contributed by atoms with van der Waals surface area (Å²) in [6.07, 6.45) is 3.95. The molecule has 1 aliphatic heterocycles. The van der Waals surface area contributed by atoms with Crippen LogP contribution in [-0.2, 0) is 4.74 Å². The lowest BCUT2D eigenvalue weighted by molar-refractivity contribution is 0.0315. The van der Waals surface area contributed by atoms with E-state index in [4.69, 9.17) is 4.74 Å². The first-order chi connectivity index (χ1) is 9.83. The molecular formula is C14H16BrN3OS. The van der Waals surface area contributed by atoms with E-state index in [1.54, 1.807) is 11.8 Å². The molecule has 106 valence electrons. The van der Waals surface area contributed by atoms with Crippen LogP contribution >= 0.6 is 27.7 Å². The molecule has 1 fully saturated rings. The van der Waals surface area contributed by atoms with E-state index in [2.05, 4.69) is 31.1 Å². The van der Waals surface area contributed by atoms with Gasteiger partial charge in [0.05, 0.1) is 6.10 Å². The van der Waals surface area contributed by atoms with Gasteiger partial charge in [-0.25, -0.2) is 4.98 Å². The van der Waals surface area contributed by atoms with Gasteiger partial charge < -0.3 is 4.74 Å². The summed E-state index contributed by atoms with van der Waals surface area (Å²) in [5.74, 6) is 1.72. The maximum absolute atomic E-state index is 5.72. The number of hydrogen-bond acceptors (Lipinski definition) is 4. The first kappa shape index (κ1) is 14.1. The molecule has 0 spiro atoms. The highest BCUT2D eigenvalue weighted by Gasteiger charge is 2.16. The molecule has 0 bridgehead atoms. The van der Waals surface area contributed by atoms with Crippen LogP contribution in [-0.4, -0.2) is 33.6 Å². The zero-order chi connectivity index (χ0) is 13.8. The van der Waals surface area contributed by atoms with Crippen molar-refractivity contribution in [1.29, 1.82) is 0 Å². The molecule has 2 aromatic rings. The van der Waals surface area contributed by atoms with E-state index >= 15 is 0 Å². The van der Waals surface area contributed by atoms with E-state index < -0.39 is 0 Å². The molecule has 0 radical (unpaired) electrons. The molecule has 0 aliphatic carbocycles.